The van der Waals surface area contributed by atoms with Crippen LogP contribution < -0.4 is 5.32 Å². The summed E-state index contributed by atoms with van der Waals surface area (Å²) in [7, 11) is 1.60. The number of thioether (sulfide) groups is 1. The number of benzene rings is 1. The normalized spacial score (nSPS) is 14.8. The molecule has 0 aliphatic carbocycles. The van der Waals surface area contributed by atoms with Gasteiger partial charge in [-0.2, -0.15) is 13.2 Å². The fourth-order valence-electron chi connectivity index (χ4n) is 1.84. The topological polar surface area (TPSA) is 53.8 Å². The van der Waals surface area contributed by atoms with E-state index in [1.807, 2.05) is 29.7 Å². The third-order valence-electron chi connectivity index (χ3n) is 3.51. The molecule has 0 saturated heterocycles. The van der Waals surface area contributed by atoms with Gasteiger partial charge in [-0.15, -0.1) is 0 Å². The first-order valence-corrected chi connectivity index (χ1v) is 9.66. The van der Waals surface area contributed by atoms with Crippen molar-refractivity contribution in [1.82, 2.24) is 5.32 Å². The number of halogens is 4. The van der Waals surface area contributed by atoms with Crippen LogP contribution in [-0.2, 0) is 11.2 Å². The Morgan fingerprint density at radius 3 is 2.59 bits per heavy atom. The van der Waals surface area contributed by atoms with Crippen molar-refractivity contribution in [3.63, 3.8) is 0 Å². The maximum Gasteiger partial charge on any atom is 0.433 e. The van der Waals surface area contributed by atoms with Gasteiger partial charge in [-0.1, -0.05) is 48.1 Å². The average molecular weight is 444 g/mol. The van der Waals surface area contributed by atoms with Gasteiger partial charge in [0, 0.05) is 36.0 Å². The van der Waals surface area contributed by atoms with E-state index in [1.165, 1.54) is 11.8 Å². The molecule has 2 rings (SSSR count). The molecule has 0 saturated carbocycles. The van der Waals surface area contributed by atoms with E-state index in [1.54, 1.807) is 14.0 Å². The van der Waals surface area contributed by atoms with Crippen LogP contribution >= 0.6 is 23.4 Å². The molecule has 0 fully saturated rings. The highest BCUT2D eigenvalue weighted by Crippen LogP contribution is 2.22. The molecule has 0 amide bonds. The number of hydrogen-bond donors (Lipinski definition) is 1. The molecule has 1 aliphatic rings. The first kappa shape index (κ1) is 24.7. The maximum atomic E-state index is 12.0. The molecule has 156 valence electrons. The zero-order valence-electron chi connectivity index (χ0n) is 16.0. The molecule has 1 N–H and O–H groups in total. The minimum Gasteiger partial charge on any atom is -0.390 e. The molecular formula is C20H21ClF3N3OS. The summed E-state index contributed by atoms with van der Waals surface area (Å²) in [5.74, 6) is 0. The molecule has 1 aromatic carbocycles. The maximum absolute atomic E-state index is 12.0. The first-order chi connectivity index (χ1) is 13.7. The van der Waals surface area contributed by atoms with Gasteiger partial charge in [0.2, 0.25) is 0 Å². The second-order valence-electron chi connectivity index (χ2n) is 5.68. The Hall–Kier alpha value is -2.32. The molecule has 0 atom stereocenters. The fraction of sp³-hybridized carbons (Fsp3) is 0.250. The van der Waals surface area contributed by atoms with E-state index in [2.05, 4.69) is 21.9 Å². The van der Waals surface area contributed by atoms with Gasteiger partial charge in [0.25, 0.3) is 0 Å². The predicted octanol–water partition coefficient (Wildman–Crippen LogP) is 5.37. The van der Waals surface area contributed by atoms with Gasteiger partial charge in [-0.05, 0) is 30.0 Å². The monoisotopic (exact) mass is 443 g/mol. The Labute approximate surface area is 177 Å². The van der Waals surface area contributed by atoms with E-state index in [0.29, 0.717) is 18.3 Å². The van der Waals surface area contributed by atoms with Gasteiger partial charge in [0.05, 0.1) is 11.6 Å². The van der Waals surface area contributed by atoms with Gasteiger partial charge in [0.15, 0.2) is 0 Å². The Kier molecular flexibility index (Phi) is 10.5. The molecule has 0 unspecified atom stereocenters. The SMILES string of the molecule is C=CC(=N/C=C(\C)NC)C(F)(F)F.O=CC1=CSC(Cc2ccccc2Cl)=NC1. The molecule has 29 heavy (non-hydrogen) atoms. The van der Waals surface area contributed by atoms with Crippen LogP contribution in [0.5, 0.6) is 0 Å². The highest BCUT2D eigenvalue weighted by Gasteiger charge is 2.32. The van der Waals surface area contributed by atoms with Crippen molar-refractivity contribution in [1.29, 1.82) is 0 Å². The van der Waals surface area contributed by atoms with E-state index in [4.69, 9.17) is 11.6 Å². The number of alkyl halides is 3. The summed E-state index contributed by atoms with van der Waals surface area (Å²) >= 11 is 7.56. The van der Waals surface area contributed by atoms with Crippen molar-refractivity contribution in [3.05, 3.63) is 70.4 Å². The van der Waals surface area contributed by atoms with Gasteiger partial charge < -0.3 is 5.32 Å². The lowest BCUT2D eigenvalue weighted by Gasteiger charge is -2.10. The van der Waals surface area contributed by atoms with Gasteiger partial charge in [-0.25, -0.2) is 0 Å². The Balaban J connectivity index is 0.000000298. The largest absolute Gasteiger partial charge is 0.433 e. The highest BCUT2D eigenvalue weighted by molar-refractivity contribution is 8.16. The number of aldehydes is 1. The lowest BCUT2D eigenvalue weighted by molar-refractivity contribution is -0.104. The third-order valence-corrected chi connectivity index (χ3v) is 4.85. The zero-order valence-corrected chi connectivity index (χ0v) is 17.5. The Morgan fingerprint density at radius 2 is 2.10 bits per heavy atom. The molecule has 1 heterocycles. The number of nitrogens with zero attached hydrogens (tertiary/aromatic N) is 2. The van der Waals surface area contributed by atoms with Crippen molar-refractivity contribution in [2.75, 3.05) is 13.6 Å². The van der Waals surface area contributed by atoms with Crippen molar-refractivity contribution in [2.45, 2.75) is 19.5 Å². The van der Waals surface area contributed by atoms with Crippen LogP contribution in [0, 0.1) is 0 Å². The Bertz CT molecular complexity index is 846. The highest BCUT2D eigenvalue weighted by atomic mass is 35.5. The number of carbonyl (C=O) groups is 1. The minimum atomic E-state index is -4.44. The smallest absolute Gasteiger partial charge is 0.390 e. The van der Waals surface area contributed by atoms with E-state index >= 15 is 0 Å². The van der Waals surface area contributed by atoms with Crippen LogP contribution in [0.25, 0.3) is 0 Å². The molecule has 0 radical (unpaired) electrons. The van der Waals surface area contributed by atoms with Crippen LogP contribution in [0.1, 0.15) is 12.5 Å². The minimum absolute atomic E-state index is 0.482. The van der Waals surface area contributed by atoms with Gasteiger partial charge in [-0.3, -0.25) is 14.8 Å². The molecule has 1 aliphatic heterocycles. The second-order valence-corrected chi connectivity index (χ2v) is 7.03. The van der Waals surface area contributed by atoms with E-state index in [-0.39, 0.29) is 0 Å². The van der Waals surface area contributed by atoms with Crippen LogP contribution in [0.3, 0.4) is 0 Å². The van der Waals surface area contributed by atoms with Crippen molar-refractivity contribution < 1.29 is 18.0 Å². The van der Waals surface area contributed by atoms with Gasteiger partial charge in [0.1, 0.15) is 12.0 Å². The Morgan fingerprint density at radius 1 is 1.41 bits per heavy atom. The van der Waals surface area contributed by atoms with Crippen LogP contribution in [0.2, 0.25) is 5.02 Å². The molecular weight excluding hydrogens is 423 g/mol. The standard InChI is InChI=1S/C12H10ClNOS.C8H11F3N2/c13-11-4-2-1-3-10(11)5-12-14-6-9(7-15)8-16-12;1-4-7(8(9,10)11)13-5-6(2)12-3/h1-4,7-8H,5-6H2;4-5,12H,1H2,2-3H3/b;6-5+,13-7?. The summed E-state index contributed by atoms with van der Waals surface area (Å²) in [5.41, 5.74) is 1.34. The first-order valence-electron chi connectivity index (χ1n) is 8.40. The van der Waals surface area contributed by atoms with E-state index in [0.717, 1.165) is 40.1 Å². The predicted molar refractivity (Wildman–Crippen MR) is 116 cm³/mol. The summed E-state index contributed by atoms with van der Waals surface area (Å²) < 4.78 is 36.1. The summed E-state index contributed by atoms with van der Waals surface area (Å²) in [4.78, 5) is 18.1. The molecule has 1 aromatic rings. The number of hydrogen-bond acceptors (Lipinski definition) is 5. The van der Waals surface area contributed by atoms with Crippen LogP contribution in [-0.4, -0.2) is 36.8 Å². The summed E-state index contributed by atoms with van der Waals surface area (Å²) in [6, 6.07) is 7.73. The van der Waals surface area contributed by atoms with Crippen molar-refractivity contribution in [2.24, 2.45) is 9.98 Å². The number of aliphatic imine (C=N–C) groups is 2. The zero-order chi connectivity index (χ0) is 21.9. The third kappa shape index (κ3) is 9.15. The number of carbonyl (C=O) groups excluding carboxylic acids is 1. The fourth-order valence-corrected chi connectivity index (χ4v) is 2.84. The molecule has 9 heteroatoms. The van der Waals surface area contributed by atoms with Crippen LogP contribution in [0.4, 0.5) is 13.2 Å². The van der Waals surface area contributed by atoms with E-state index in [9.17, 15) is 18.0 Å². The number of nitrogens with one attached hydrogen (secondary N) is 1. The number of rotatable bonds is 6. The van der Waals surface area contributed by atoms with Crippen molar-refractivity contribution in [3.8, 4) is 0 Å². The summed E-state index contributed by atoms with van der Waals surface area (Å²) in [5, 5.41) is 6.26. The average Bonchev–Trinajstić information content (AvgIpc) is 2.70. The lowest BCUT2D eigenvalue weighted by Crippen LogP contribution is -2.20. The summed E-state index contributed by atoms with van der Waals surface area (Å²) in [6.07, 6.45) is -1.08. The summed E-state index contributed by atoms with van der Waals surface area (Å²) in [6.45, 7) is 5.12. The molecule has 0 bridgehead atoms. The van der Waals surface area contributed by atoms with E-state index < -0.39 is 11.9 Å². The second kappa shape index (κ2) is 12.3. The quantitative estimate of drug-likeness (QED) is 0.475. The molecule has 4 nitrogen and oxygen atoms in total. The molecule has 0 aromatic heterocycles. The van der Waals surface area contributed by atoms with Crippen molar-refractivity contribution >= 4 is 40.4 Å². The van der Waals surface area contributed by atoms with Crippen LogP contribution in [0.15, 0.2) is 69.8 Å². The van der Waals surface area contributed by atoms with Gasteiger partial charge >= 0.3 is 6.18 Å². The number of allylic oxidation sites excluding steroid dienone is 2. The lowest BCUT2D eigenvalue weighted by atomic mass is 10.2. The molecule has 0 spiro atoms.